The quantitative estimate of drug-likeness (QED) is 0.910. The third kappa shape index (κ3) is 2.40. The highest BCUT2D eigenvalue weighted by Gasteiger charge is 2.43. The highest BCUT2D eigenvalue weighted by atomic mass is 32.2. The number of aliphatic carboxylic acids is 1. The summed E-state index contributed by atoms with van der Waals surface area (Å²) in [6, 6.07) is 2.81. The first-order chi connectivity index (χ1) is 9.25. The number of hydrogen-bond donors (Lipinski definition) is 1. The fourth-order valence-corrected chi connectivity index (χ4v) is 3.70. The molecule has 20 heavy (non-hydrogen) atoms. The van der Waals surface area contributed by atoms with Gasteiger partial charge in [0, 0.05) is 13.1 Å². The first-order valence-corrected chi connectivity index (χ1v) is 7.36. The van der Waals surface area contributed by atoms with E-state index in [-0.39, 0.29) is 19.0 Å². The second-order valence-electron chi connectivity index (χ2n) is 4.76. The fraction of sp³-hybridized carbons (Fsp3) is 0.417. The second-order valence-corrected chi connectivity index (χ2v) is 6.63. The van der Waals surface area contributed by atoms with Crippen molar-refractivity contribution >= 4 is 16.0 Å². The molecule has 1 aromatic carbocycles. The van der Waals surface area contributed by atoms with Gasteiger partial charge in [-0.3, -0.25) is 4.79 Å². The molecule has 1 aliphatic heterocycles. The van der Waals surface area contributed by atoms with Crippen LogP contribution < -0.4 is 0 Å². The molecule has 1 saturated heterocycles. The zero-order chi connectivity index (χ0) is 15.1. The number of nitrogens with zero attached hydrogens (tertiary/aromatic N) is 1. The van der Waals surface area contributed by atoms with Crippen molar-refractivity contribution in [1.29, 1.82) is 0 Å². The standard InChI is InChI=1S/C12H13F2NO4S/c1-7(12(16)17)8-5-15(6-8)20(18,19)11-9(13)3-2-4-10(11)14/h2-4,7-8H,5-6H2,1H3,(H,16,17). The van der Waals surface area contributed by atoms with Crippen molar-refractivity contribution in [1.82, 2.24) is 4.31 Å². The lowest BCUT2D eigenvalue weighted by molar-refractivity contribution is -0.144. The Labute approximate surface area is 114 Å². The van der Waals surface area contributed by atoms with Crippen molar-refractivity contribution in [2.24, 2.45) is 11.8 Å². The van der Waals surface area contributed by atoms with E-state index in [2.05, 4.69) is 0 Å². The van der Waals surface area contributed by atoms with Crippen LogP contribution in [-0.2, 0) is 14.8 Å². The van der Waals surface area contributed by atoms with Gasteiger partial charge in [0.25, 0.3) is 0 Å². The van der Waals surface area contributed by atoms with Crippen molar-refractivity contribution < 1.29 is 27.1 Å². The number of carboxylic acids is 1. The predicted molar refractivity (Wildman–Crippen MR) is 65.4 cm³/mol. The summed E-state index contributed by atoms with van der Waals surface area (Å²) < 4.78 is 52.1. The number of benzene rings is 1. The van der Waals surface area contributed by atoms with Crippen LogP contribution in [0.4, 0.5) is 8.78 Å². The van der Waals surface area contributed by atoms with Gasteiger partial charge in [-0.2, -0.15) is 4.31 Å². The van der Waals surface area contributed by atoms with Gasteiger partial charge in [0.15, 0.2) is 4.90 Å². The summed E-state index contributed by atoms with van der Waals surface area (Å²) in [5, 5.41) is 8.82. The molecule has 0 aliphatic carbocycles. The third-order valence-corrected chi connectivity index (χ3v) is 5.37. The van der Waals surface area contributed by atoms with E-state index in [1.807, 2.05) is 0 Å². The Hall–Kier alpha value is -1.54. The van der Waals surface area contributed by atoms with E-state index >= 15 is 0 Å². The zero-order valence-corrected chi connectivity index (χ0v) is 11.4. The van der Waals surface area contributed by atoms with Crippen LogP contribution in [0.5, 0.6) is 0 Å². The van der Waals surface area contributed by atoms with Crippen LogP contribution >= 0.6 is 0 Å². The minimum Gasteiger partial charge on any atom is -0.481 e. The predicted octanol–water partition coefficient (Wildman–Crippen LogP) is 1.31. The van der Waals surface area contributed by atoms with Gasteiger partial charge < -0.3 is 5.11 Å². The Kier molecular flexibility index (Phi) is 3.79. The molecule has 1 aromatic rings. The molecule has 0 saturated carbocycles. The number of halogens is 2. The lowest BCUT2D eigenvalue weighted by Crippen LogP contribution is -2.53. The van der Waals surface area contributed by atoms with Gasteiger partial charge in [-0.05, 0) is 18.1 Å². The largest absolute Gasteiger partial charge is 0.481 e. The first-order valence-electron chi connectivity index (χ1n) is 5.92. The van der Waals surface area contributed by atoms with Gasteiger partial charge >= 0.3 is 5.97 Å². The lowest BCUT2D eigenvalue weighted by Gasteiger charge is -2.39. The normalized spacial score (nSPS) is 18.6. The minimum absolute atomic E-state index is 0.0520. The molecule has 1 N–H and O–H groups in total. The van der Waals surface area contributed by atoms with Crippen LogP contribution in [0.1, 0.15) is 6.92 Å². The van der Waals surface area contributed by atoms with Crippen molar-refractivity contribution in [3.8, 4) is 0 Å². The molecule has 1 atom stereocenters. The van der Waals surface area contributed by atoms with E-state index in [0.717, 1.165) is 22.5 Å². The van der Waals surface area contributed by atoms with Crippen LogP contribution in [0.15, 0.2) is 23.1 Å². The molecule has 1 heterocycles. The molecule has 0 radical (unpaired) electrons. The summed E-state index contributed by atoms with van der Waals surface area (Å²) in [5.41, 5.74) is 0. The molecular formula is C12H13F2NO4S. The van der Waals surface area contributed by atoms with E-state index in [1.165, 1.54) is 6.92 Å². The van der Waals surface area contributed by atoms with Gasteiger partial charge in [-0.1, -0.05) is 13.0 Å². The van der Waals surface area contributed by atoms with Gasteiger partial charge in [0.1, 0.15) is 11.6 Å². The van der Waals surface area contributed by atoms with Gasteiger partial charge in [-0.15, -0.1) is 0 Å². The SMILES string of the molecule is CC(C(=O)O)C1CN(S(=O)(=O)c2c(F)cccc2F)C1. The molecule has 1 fully saturated rings. The molecule has 1 unspecified atom stereocenters. The molecule has 0 bridgehead atoms. The van der Waals surface area contributed by atoms with Gasteiger partial charge in [-0.25, -0.2) is 17.2 Å². The molecule has 2 rings (SSSR count). The Morgan fingerprint density at radius 2 is 1.85 bits per heavy atom. The smallest absolute Gasteiger partial charge is 0.306 e. The maximum Gasteiger partial charge on any atom is 0.306 e. The van der Waals surface area contributed by atoms with E-state index in [0.29, 0.717) is 0 Å². The average molecular weight is 305 g/mol. The highest BCUT2D eigenvalue weighted by Crippen LogP contribution is 2.31. The minimum atomic E-state index is -4.27. The molecular weight excluding hydrogens is 292 g/mol. The van der Waals surface area contributed by atoms with Crippen LogP contribution in [0.3, 0.4) is 0 Å². The first kappa shape index (κ1) is 14.9. The maximum absolute atomic E-state index is 13.5. The number of carboxylic acid groups (broad SMARTS) is 1. The van der Waals surface area contributed by atoms with Crippen molar-refractivity contribution in [2.75, 3.05) is 13.1 Å². The molecule has 0 spiro atoms. The molecule has 0 aromatic heterocycles. The summed E-state index contributed by atoms with van der Waals surface area (Å²) >= 11 is 0. The van der Waals surface area contributed by atoms with Crippen LogP contribution in [-0.4, -0.2) is 36.9 Å². The number of hydrogen-bond acceptors (Lipinski definition) is 3. The van der Waals surface area contributed by atoms with E-state index < -0.39 is 38.4 Å². The summed E-state index contributed by atoms with van der Waals surface area (Å²) in [4.78, 5) is 9.80. The van der Waals surface area contributed by atoms with Crippen molar-refractivity contribution in [2.45, 2.75) is 11.8 Å². The second kappa shape index (κ2) is 5.10. The van der Waals surface area contributed by atoms with Crippen LogP contribution in [0, 0.1) is 23.5 Å². The fourth-order valence-electron chi connectivity index (χ4n) is 2.04. The number of sulfonamides is 1. The Balaban J connectivity index is 2.21. The van der Waals surface area contributed by atoms with Crippen LogP contribution in [0.2, 0.25) is 0 Å². The Morgan fingerprint density at radius 3 is 2.30 bits per heavy atom. The summed E-state index contributed by atoms with van der Waals surface area (Å²) in [5.74, 6) is -4.38. The molecule has 0 amide bonds. The van der Waals surface area contributed by atoms with Gasteiger partial charge in [0.05, 0.1) is 5.92 Å². The topological polar surface area (TPSA) is 74.7 Å². The highest BCUT2D eigenvalue weighted by molar-refractivity contribution is 7.89. The summed E-state index contributed by atoms with van der Waals surface area (Å²) in [6.45, 7) is 1.37. The van der Waals surface area contributed by atoms with Gasteiger partial charge in [0.2, 0.25) is 10.0 Å². The average Bonchev–Trinajstić information content (AvgIpc) is 2.25. The molecule has 5 nitrogen and oxygen atoms in total. The van der Waals surface area contributed by atoms with Crippen LogP contribution in [0.25, 0.3) is 0 Å². The summed E-state index contributed by atoms with van der Waals surface area (Å²) in [7, 11) is -4.27. The zero-order valence-electron chi connectivity index (χ0n) is 10.6. The van der Waals surface area contributed by atoms with E-state index in [4.69, 9.17) is 5.11 Å². The molecule has 110 valence electrons. The Morgan fingerprint density at radius 1 is 1.35 bits per heavy atom. The lowest BCUT2D eigenvalue weighted by atomic mass is 9.89. The summed E-state index contributed by atoms with van der Waals surface area (Å²) in [6.07, 6.45) is 0. The van der Waals surface area contributed by atoms with E-state index in [1.54, 1.807) is 0 Å². The molecule has 1 aliphatic rings. The monoisotopic (exact) mass is 305 g/mol. The maximum atomic E-state index is 13.5. The Bertz CT molecular complexity index is 621. The van der Waals surface area contributed by atoms with Crippen molar-refractivity contribution in [3.05, 3.63) is 29.8 Å². The van der Waals surface area contributed by atoms with Crippen molar-refractivity contribution in [3.63, 3.8) is 0 Å². The van der Waals surface area contributed by atoms with E-state index in [9.17, 15) is 22.0 Å². The third-order valence-electron chi connectivity index (χ3n) is 3.49. The number of carbonyl (C=O) groups is 1. The molecule has 8 heteroatoms. The number of rotatable bonds is 4.